The largest absolute Gasteiger partial charge is 0.128 e. The quantitative estimate of drug-likeness (QED) is 0.131. The lowest BCUT2D eigenvalue weighted by molar-refractivity contribution is 0.569. The minimum absolute atomic E-state index is 0.0109. The van der Waals surface area contributed by atoms with Gasteiger partial charge in [-0.25, -0.2) is 0 Å². The first kappa shape index (κ1) is 33.5. The molecule has 1 unspecified atom stereocenters. The summed E-state index contributed by atoms with van der Waals surface area (Å²) < 4.78 is 0. The number of fused-ring (bicyclic) bond motifs is 7. The van der Waals surface area contributed by atoms with E-state index >= 15 is 0 Å². The lowest BCUT2D eigenvalue weighted by Gasteiger charge is -2.32. The molecule has 8 aromatic carbocycles. The van der Waals surface area contributed by atoms with Gasteiger partial charge in [-0.2, -0.15) is 0 Å². The molecular formula is C51H50S. The molecule has 0 radical (unpaired) electrons. The van der Waals surface area contributed by atoms with Crippen molar-refractivity contribution in [2.45, 2.75) is 96.3 Å². The Morgan fingerprint density at radius 1 is 0.558 bits per heavy atom. The van der Waals surface area contributed by atoms with Crippen LogP contribution in [-0.2, 0) is 22.7 Å². The maximum Gasteiger partial charge on any atom is 0.0233 e. The van der Waals surface area contributed by atoms with Gasteiger partial charge in [0.05, 0.1) is 0 Å². The Hall–Kier alpha value is -4.33. The van der Waals surface area contributed by atoms with Gasteiger partial charge in [-0.05, 0) is 165 Å². The van der Waals surface area contributed by atoms with Crippen LogP contribution in [0.4, 0.5) is 0 Å². The third-order valence-corrected chi connectivity index (χ3v) is 13.5. The first-order chi connectivity index (χ1) is 24.8. The van der Waals surface area contributed by atoms with Gasteiger partial charge in [-0.1, -0.05) is 123 Å². The highest BCUT2D eigenvalue weighted by molar-refractivity contribution is 7.99. The molecule has 1 atom stereocenters. The van der Waals surface area contributed by atoms with Crippen LogP contribution in [0.25, 0.3) is 76.1 Å². The first-order valence-corrected chi connectivity index (χ1v) is 20.5. The van der Waals surface area contributed by atoms with Gasteiger partial charge in [0.1, 0.15) is 0 Å². The summed E-state index contributed by atoms with van der Waals surface area (Å²) in [5.74, 6) is 0. The molecule has 0 saturated heterocycles. The fraction of sp³-hybridized carbons (Fsp3) is 0.294. The Kier molecular flexibility index (Phi) is 7.30. The second-order valence-corrected chi connectivity index (χ2v) is 18.5. The molecule has 0 N–H and O–H groups in total. The van der Waals surface area contributed by atoms with Crippen molar-refractivity contribution in [1.29, 1.82) is 0 Å². The molecule has 52 heavy (non-hydrogen) atoms. The summed E-state index contributed by atoms with van der Waals surface area (Å²) in [5.41, 5.74) is 12.7. The second kappa shape index (κ2) is 11.3. The van der Waals surface area contributed by atoms with Gasteiger partial charge in [0.15, 0.2) is 0 Å². The monoisotopic (exact) mass is 694 g/mol. The number of aryl methyl sites for hydroxylation is 1. The third kappa shape index (κ3) is 4.61. The molecule has 0 nitrogen and oxygen atoms in total. The van der Waals surface area contributed by atoms with Gasteiger partial charge < -0.3 is 0 Å². The summed E-state index contributed by atoms with van der Waals surface area (Å²) in [6.07, 6.45) is 4.32. The van der Waals surface area contributed by atoms with Gasteiger partial charge in [-0.3, -0.25) is 0 Å². The van der Waals surface area contributed by atoms with Crippen molar-refractivity contribution >= 4 is 65.6 Å². The molecule has 0 bridgehead atoms. The van der Waals surface area contributed by atoms with Crippen molar-refractivity contribution in [2.75, 3.05) is 6.26 Å². The molecule has 0 heterocycles. The molecular weight excluding hydrogens is 645 g/mol. The Morgan fingerprint density at radius 3 is 1.58 bits per heavy atom. The van der Waals surface area contributed by atoms with E-state index in [2.05, 4.69) is 166 Å². The highest BCUT2D eigenvalue weighted by atomic mass is 32.2. The maximum absolute atomic E-state index is 2.60. The number of benzene rings is 8. The standard InChI is InChI=1S/C51H50S/c1-11-29-21-30-17-13-14-18-31(30)22-36(29)46-39-26-34(49(3,4)5)27-40-43(39)44-38(25-35(50(6,7)8)28-41(44)48(46)52-10)45-37-23-32-19-15-16-20-33(32)24-42(37)51(9,12-2)47(40)45/h13-28H,11-12H2,1-10H3. The van der Waals surface area contributed by atoms with Crippen LogP contribution >= 0.6 is 11.8 Å². The van der Waals surface area contributed by atoms with Crippen molar-refractivity contribution in [3.63, 3.8) is 0 Å². The minimum atomic E-state index is -0.129. The predicted molar refractivity (Wildman–Crippen MR) is 231 cm³/mol. The van der Waals surface area contributed by atoms with E-state index in [-0.39, 0.29) is 16.2 Å². The normalized spacial score (nSPS) is 16.2. The van der Waals surface area contributed by atoms with E-state index in [0.717, 1.165) is 12.8 Å². The molecule has 8 aromatic rings. The van der Waals surface area contributed by atoms with E-state index in [4.69, 9.17) is 0 Å². The van der Waals surface area contributed by atoms with Gasteiger partial charge in [0.2, 0.25) is 0 Å². The number of hydrogen-bond donors (Lipinski definition) is 0. The Morgan fingerprint density at radius 2 is 1.04 bits per heavy atom. The van der Waals surface area contributed by atoms with Gasteiger partial charge in [0.25, 0.3) is 0 Å². The summed E-state index contributed by atoms with van der Waals surface area (Å²) in [5, 5.41) is 13.8. The van der Waals surface area contributed by atoms with E-state index in [1.807, 2.05) is 11.8 Å². The van der Waals surface area contributed by atoms with E-state index in [1.54, 1.807) is 0 Å². The van der Waals surface area contributed by atoms with E-state index in [1.165, 1.54) is 109 Å². The molecule has 0 saturated carbocycles. The summed E-state index contributed by atoms with van der Waals surface area (Å²) in [6, 6.07) is 38.2. The second-order valence-electron chi connectivity index (χ2n) is 17.7. The van der Waals surface area contributed by atoms with Gasteiger partial charge in [-0.15, -0.1) is 11.8 Å². The van der Waals surface area contributed by atoms with E-state index in [9.17, 15) is 0 Å². The molecule has 0 spiro atoms. The number of thioether (sulfide) groups is 1. The number of hydrogen-bond acceptors (Lipinski definition) is 1. The van der Waals surface area contributed by atoms with Crippen molar-refractivity contribution in [3.05, 3.63) is 125 Å². The SMILES string of the molecule is CCc1cc2ccccc2cc1-c1c(SC)c2cc(C(C)(C)C)cc3c4c(c5cc(C(C)(C)C)cc1c5c23)C(C)(CC)c1cc2ccccc2cc1-4. The minimum Gasteiger partial charge on any atom is -0.128 e. The van der Waals surface area contributed by atoms with Crippen molar-refractivity contribution in [2.24, 2.45) is 0 Å². The summed E-state index contributed by atoms with van der Waals surface area (Å²) in [6.45, 7) is 21.6. The van der Waals surface area contributed by atoms with Crippen LogP contribution in [0.2, 0.25) is 0 Å². The topological polar surface area (TPSA) is 0 Å². The Labute approximate surface area is 314 Å². The Bertz CT molecular complexity index is 2760. The van der Waals surface area contributed by atoms with Crippen molar-refractivity contribution in [1.82, 2.24) is 0 Å². The fourth-order valence-corrected chi connectivity index (χ4v) is 10.3. The lowest BCUT2D eigenvalue weighted by atomic mass is 9.72. The third-order valence-electron chi connectivity index (χ3n) is 12.6. The van der Waals surface area contributed by atoms with Crippen LogP contribution in [0, 0.1) is 0 Å². The predicted octanol–water partition coefficient (Wildman–Crippen LogP) is 15.1. The van der Waals surface area contributed by atoms with E-state index < -0.39 is 0 Å². The highest BCUT2D eigenvalue weighted by Gasteiger charge is 2.42. The number of rotatable bonds is 4. The molecule has 0 fully saturated rings. The summed E-state index contributed by atoms with van der Waals surface area (Å²) in [7, 11) is 0. The zero-order chi connectivity index (χ0) is 36.5. The highest BCUT2D eigenvalue weighted by Crippen LogP contribution is 2.60. The summed E-state index contributed by atoms with van der Waals surface area (Å²) >= 11 is 1.93. The first-order valence-electron chi connectivity index (χ1n) is 19.3. The molecule has 260 valence electrons. The maximum atomic E-state index is 2.60. The zero-order valence-corrected chi connectivity index (χ0v) is 33.4. The van der Waals surface area contributed by atoms with Gasteiger partial charge in [0, 0.05) is 15.9 Å². The summed E-state index contributed by atoms with van der Waals surface area (Å²) in [4.78, 5) is 1.40. The van der Waals surface area contributed by atoms with Crippen LogP contribution in [0.3, 0.4) is 0 Å². The van der Waals surface area contributed by atoms with Crippen LogP contribution in [0.15, 0.2) is 102 Å². The van der Waals surface area contributed by atoms with Crippen LogP contribution in [0.5, 0.6) is 0 Å². The zero-order valence-electron chi connectivity index (χ0n) is 32.6. The molecule has 1 aliphatic rings. The average Bonchev–Trinajstić information content (AvgIpc) is 3.39. The van der Waals surface area contributed by atoms with E-state index in [0.29, 0.717) is 0 Å². The molecule has 0 aliphatic heterocycles. The van der Waals surface area contributed by atoms with Crippen LogP contribution in [0.1, 0.15) is 96.6 Å². The van der Waals surface area contributed by atoms with Crippen LogP contribution < -0.4 is 0 Å². The van der Waals surface area contributed by atoms with Crippen molar-refractivity contribution in [3.8, 4) is 22.3 Å². The fourth-order valence-electron chi connectivity index (χ4n) is 9.54. The smallest absolute Gasteiger partial charge is 0.0233 e. The van der Waals surface area contributed by atoms with Gasteiger partial charge >= 0.3 is 0 Å². The molecule has 0 amide bonds. The molecule has 9 rings (SSSR count). The van der Waals surface area contributed by atoms with Crippen LogP contribution in [-0.4, -0.2) is 6.26 Å². The van der Waals surface area contributed by atoms with Crippen molar-refractivity contribution < 1.29 is 0 Å². The molecule has 0 aromatic heterocycles. The molecule has 1 heteroatoms. The lowest BCUT2D eigenvalue weighted by Crippen LogP contribution is -2.20. The molecule has 1 aliphatic carbocycles. The Balaban J connectivity index is 1.59. The average molecular weight is 695 g/mol.